The molecule has 18 heteroatoms. The summed E-state index contributed by atoms with van der Waals surface area (Å²) in [4.78, 5) is 69.4. The molecule has 1 saturated carbocycles. The number of hydrogen-bond donors (Lipinski definition) is 3. The summed E-state index contributed by atoms with van der Waals surface area (Å²) in [6, 6.07) is 16.9. The van der Waals surface area contributed by atoms with Crippen LogP contribution in [0, 0.1) is 17.3 Å². The summed E-state index contributed by atoms with van der Waals surface area (Å²) < 4.78 is 52.3. The number of methoxy groups -OCH3 is 1. The standard InChI is InChI=1S/C59H72F2N8O8/c1-10-68-46-17-16-37-28-42(46)44(51(68)43-29-39(31-62-48(43)34(4)75-9)67-21-19-65(7)20-22-67)30-58(5,6)32-77-57(74)49-47-53(59(47,60)61)69(64-49)55(72)45(26-35-24-38(37)27-40(70)25-35)63-54(71)50(33(2)3)66(8)56(73)52-41(18-23-76-52)36-14-12-11-13-15-36/h11-17,24-25,27-29,31,33-34,41,45,47,49-50,52-53,64,70H,10,18-23,26,30,32H2,1-9H3,(H,63,71)/t34-,41+,45-,47-,49-,50-,52+,53+/m0/s1. The normalized spacial score (nSPS) is 25.0. The SMILES string of the molecule is CCn1c(-c2cc(N3CCN(C)CC3)cnc2[C@H](C)OC)c2c3cc(ccc31)-c1cc(O)cc(c1)C[C@H](NC(=O)[C@H](C(C)C)N(C)C(=O)[C@@H]1OCC[C@@H]1c1ccccc1)C(=O)N1N[C@H](C(=O)OCC(C)(C)C2)[C@H]2[C@@H]1C2(F)F. The zero-order valence-electron chi connectivity index (χ0n) is 45.5. The van der Waals surface area contributed by atoms with Gasteiger partial charge < -0.3 is 43.9 Å². The predicted molar refractivity (Wildman–Crippen MR) is 288 cm³/mol. The Balaban J connectivity index is 1.07. The second-order valence-electron chi connectivity index (χ2n) is 22.9. The molecule has 5 aromatic rings. The monoisotopic (exact) mass is 1060 g/mol. The number of piperazine rings is 1. The van der Waals surface area contributed by atoms with Gasteiger partial charge in [-0.05, 0) is 97.8 Å². The van der Waals surface area contributed by atoms with Crippen molar-refractivity contribution in [3.63, 3.8) is 0 Å². The highest BCUT2D eigenvalue weighted by molar-refractivity contribution is 5.97. The molecule has 4 aliphatic heterocycles. The summed E-state index contributed by atoms with van der Waals surface area (Å²) in [5.74, 6) is -8.82. The van der Waals surface area contributed by atoms with Gasteiger partial charge in [0.2, 0.25) is 5.91 Å². The molecule has 0 radical (unpaired) electrons. The van der Waals surface area contributed by atoms with Gasteiger partial charge in [-0.25, -0.2) is 14.2 Å². The van der Waals surface area contributed by atoms with E-state index in [0.717, 1.165) is 81.4 Å². The van der Waals surface area contributed by atoms with E-state index in [9.17, 15) is 24.3 Å². The third-order valence-corrected chi connectivity index (χ3v) is 16.6. The number of phenolic OH excluding ortho intramolecular Hbond substituents is 1. The van der Waals surface area contributed by atoms with Crippen LogP contribution in [0.5, 0.6) is 5.75 Å². The first-order valence-electron chi connectivity index (χ1n) is 27.0. The lowest BCUT2D eigenvalue weighted by Gasteiger charge is -2.35. The van der Waals surface area contributed by atoms with Gasteiger partial charge in [0, 0.05) is 87.7 Å². The number of aryl methyl sites for hydroxylation is 1. The molecule has 1 aliphatic carbocycles. The maximum absolute atomic E-state index is 16.0. The number of likely N-dealkylation sites (N-methyl/N-ethyl adjacent to an activating group) is 2. The lowest BCUT2D eigenvalue weighted by atomic mass is 9.84. The van der Waals surface area contributed by atoms with Crippen LogP contribution in [-0.4, -0.2) is 150 Å². The van der Waals surface area contributed by atoms with Gasteiger partial charge in [-0.3, -0.25) is 29.2 Å². The van der Waals surface area contributed by atoms with Gasteiger partial charge in [-0.2, -0.15) is 0 Å². The smallest absolute Gasteiger partial charge is 0.325 e. The number of aromatic nitrogens is 2. The number of alkyl halides is 2. The summed E-state index contributed by atoms with van der Waals surface area (Å²) in [6.45, 7) is 15.8. The third-order valence-electron chi connectivity index (χ3n) is 16.6. The molecule has 2 aromatic heterocycles. The largest absolute Gasteiger partial charge is 0.508 e. The summed E-state index contributed by atoms with van der Waals surface area (Å²) in [6.07, 6.45) is 1.43. The van der Waals surface area contributed by atoms with Gasteiger partial charge in [-0.1, -0.05) is 70.2 Å². The van der Waals surface area contributed by atoms with Gasteiger partial charge in [0.15, 0.2) is 0 Å². The fraction of sp³-hybridized carbons (Fsp3) is 0.508. The van der Waals surface area contributed by atoms with Crippen LogP contribution in [0.25, 0.3) is 33.3 Å². The lowest BCUT2D eigenvalue weighted by Crippen LogP contribution is -2.60. The minimum atomic E-state index is -3.45. The van der Waals surface area contributed by atoms with E-state index in [2.05, 4.69) is 57.3 Å². The minimum absolute atomic E-state index is 0.117. The molecule has 3 saturated heterocycles. The van der Waals surface area contributed by atoms with Crippen LogP contribution in [0.2, 0.25) is 0 Å². The third kappa shape index (κ3) is 10.2. The summed E-state index contributed by atoms with van der Waals surface area (Å²) in [7, 11) is 5.31. The molecule has 6 bridgehead atoms. The molecule has 16 nitrogen and oxygen atoms in total. The Morgan fingerprint density at radius 1 is 1.00 bits per heavy atom. The second kappa shape index (κ2) is 21.1. The Hall–Kier alpha value is -6.47. The van der Waals surface area contributed by atoms with Crippen LogP contribution in [0.15, 0.2) is 79.0 Å². The summed E-state index contributed by atoms with van der Waals surface area (Å²) in [5, 5.41) is 16.1. The fourth-order valence-electron chi connectivity index (χ4n) is 12.4. The van der Waals surface area contributed by atoms with Gasteiger partial charge >= 0.3 is 5.97 Å². The molecule has 3 aromatic carbocycles. The number of pyridine rings is 1. The highest BCUT2D eigenvalue weighted by Gasteiger charge is 2.80. The molecule has 0 spiro atoms. The van der Waals surface area contributed by atoms with Crippen molar-refractivity contribution in [1.82, 2.24) is 35.1 Å². The van der Waals surface area contributed by atoms with E-state index in [1.165, 1.54) is 18.0 Å². The Labute approximate surface area is 449 Å². The maximum atomic E-state index is 16.0. The Bertz CT molecular complexity index is 3070. The number of carbonyl (C=O) groups excluding carboxylic acids is 4. The fourth-order valence-corrected chi connectivity index (χ4v) is 12.4. The van der Waals surface area contributed by atoms with Crippen LogP contribution < -0.4 is 15.6 Å². The van der Waals surface area contributed by atoms with E-state index in [1.807, 2.05) is 69.4 Å². The number of amides is 3. The van der Waals surface area contributed by atoms with Gasteiger partial charge in [-0.15, -0.1) is 0 Å². The van der Waals surface area contributed by atoms with Crippen LogP contribution in [0.1, 0.15) is 82.4 Å². The number of fused-ring (bicyclic) bond motifs is 9. The Morgan fingerprint density at radius 2 is 1.74 bits per heavy atom. The van der Waals surface area contributed by atoms with Gasteiger partial charge in [0.1, 0.15) is 36.0 Å². The zero-order chi connectivity index (χ0) is 54.8. The van der Waals surface area contributed by atoms with Crippen molar-refractivity contribution in [2.24, 2.45) is 17.3 Å². The number of ether oxygens (including phenoxy) is 3. The highest BCUT2D eigenvalue weighted by Crippen LogP contribution is 2.57. The molecule has 410 valence electrons. The summed E-state index contributed by atoms with van der Waals surface area (Å²) >= 11 is 0. The molecule has 4 fully saturated rings. The molecule has 3 amide bonds. The molecule has 77 heavy (non-hydrogen) atoms. The lowest BCUT2D eigenvalue weighted by molar-refractivity contribution is -0.154. The van der Waals surface area contributed by atoms with Gasteiger partial charge in [0.25, 0.3) is 17.7 Å². The number of halogens is 2. The van der Waals surface area contributed by atoms with Gasteiger partial charge in [0.05, 0.1) is 41.9 Å². The Morgan fingerprint density at radius 3 is 2.44 bits per heavy atom. The molecular weight excluding hydrogens is 987 g/mol. The molecule has 8 atom stereocenters. The van der Waals surface area contributed by atoms with Crippen LogP contribution in [0.4, 0.5) is 14.5 Å². The van der Waals surface area contributed by atoms with Crippen molar-refractivity contribution >= 4 is 40.3 Å². The molecule has 10 rings (SSSR count). The van der Waals surface area contributed by atoms with Crippen molar-refractivity contribution in [2.75, 3.05) is 65.5 Å². The first-order valence-corrected chi connectivity index (χ1v) is 27.0. The maximum Gasteiger partial charge on any atom is 0.325 e. The average molecular weight is 1060 g/mol. The first-order chi connectivity index (χ1) is 36.7. The number of esters is 1. The number of hydrogen-bond acceptors (Lipinski definition) is 12. The van der Waals surface area contributed by atoms with E-state index in [4.69, 9.17) is 19.2 Å². The van der Waals surface area contributed by atoms with Crippen molar-refractivity contribution in [3.05, 3.63) is 101 Å². The number of nitrogens with one attached hydrogen (secondary N) is 2. The van der Waals surface area contributed by atoms with E-state index in [-0.39, 0.29) is 30.8 Å². The first kappa shape index (κ1) is 53.9. The number of carbonyl (C=O) groups is 4. The van der Waals surface area contributed by atoms with E-state index < -0.39 is 77.1 Å². The van der Waals surface area contributed by atoms with Crippen LogP contribution in [-0.2, 0) is 52.8 Å². The number of anilines is 1. The number of benzene rings is 3. The second-order valence-corrected chi connectivity index (χ2v) is 22.9. The van der Waals surface area contributed by atoms with Crippen LogP contribution >= 0.6 is 0 Å². The zero-order valence-corrected chi connectivity index (χ0v) is 45.5. The van der Waals surface area contributed by atoms with Crippen molar-refractivity contribution in [3.8, 4) is 28.1 Å². The van der Waals surface area contributed by atoms with E-state index in [0.29, 0.717) is 37.1 Å². The number of hydrazine groups is 1. The molecule has 6 heterocycles. The van der Waals surface area contributed by atoms with Crippen molar-refractivity contribution in [1.29, 1.82) is 0 Å². The van der Waals surface area contributed by atoms with E-state index in [1.54, 1.807) is 27.0 Å². The quantitative estimate of drug-likeness (QED) is 0.115. The topological polar surface area (TPSA) is 171 Å². The molecular formula is C59H72F2N8O8. The van der Waals surface area contributed by atoms with E-state index >= 15 is 8.78 Å². The summed E-state index contributed by atoms with van der Waals surface area (Å²) in [5.41, 5.74) is 10.2. The number of cyclic esters (lactones) is 1. The van der Waals surface area contributed by atoms with Crippen molar-refractivity contribution in [2.45, 2.75) is 116 Å². The number of phenols is 1. The highest BCUT2D eigenvalue weighted by atomic mass is 19.3. The number of aromatic hydroxyl groups is 1. The average Bonchev–Trinajstić information content (AvgIpc) is 4.07. The van der Waals surface area contributed by atoms with Crippen LogP contribution in [0.3, 0.4) is 0 Å². The predicted octanol–water partition coefficient (Wildman–Crippen LogP) is 7.11. The number of rotatable bonds is 11. The molecule has 0 unspecified atom stereocenters. The van der Waals surface area contributed by atoms with Crippen molar-refractivity contribution < 1.29 is 47.3 Å². The molecule has 5 aliphatic rings. The molecule has 3 N–H and O–H groups in total. The number of nitrogens with zero attached hydrogens (tertiary/aromatic N) is 6. The Kier molecular flexibility index (Phi) is 14.7. The minimum Gasteiger partial charge on any atom is -0.508 e.